The maximum atomic E-state index is 15.3. The summed E-state index contributed by atoms with van der Waals surface area (Å²) in [5, 5.41) is 22.4. The van der Waals surface area contributed by atoms with E-state index in [-0.39, 0.29) is 40.3 Å². The van der Waals surface area contributed by atoms with E-state index in [1.807, 2.05) is 0 Å². The number of rotatable bonds is 5. The van der Waals surface area contributed by atoms with Gasteiger partial charge in [-0.1, -0.05) is 0 Å². The minimum atomic E-state index is -4.58. The van der Waals surface area contributed by atoms with Gasteiger partial charge in [-0.15, -0.1) is 10.2 Å². The standard InChI is InChI=1S/C24H24F4N6O2/c25-22-17-4-1-12(30-17)7-19(22)34(13-2-3-13)21-6-5-16(31-32-21)14-8-18-15(9-20(14)35)23(36)33(11-29-18)10-24(26,27)28/h5-6,8-9,11-13,17,19,22,30,35H,1-4,7,10H2/t12?,17?,19-,22+/m1/s1. The fraction of sp³-hybridized carbons (Fsp3) is 0.500. The molecule has 1 aromatic carbocycles. The van der Waals surface area contributed by atoms with Gasteiger partial charge < -0.3 is 15.3 Å². The molecule has 1 aliphatic carbocycles. The maximum absolute atomic E-state index is 15.3. The number of alkyl halides is 4. The summed E-state index contributed by atoms with van der Waals surface area (Å²) in [4.78, 5) is 18.5. The van der Waals surface area contributed by atoms with Gasteiger partial charge in [-0.3, -0.25) is 9.36 Å². The van der Waals surface area contributed by atoms with Gasteiger partial charge in [-0.25, -0.2) is 9.37 Å². The van der Waals surface area contributed by atoms with Crippen molar-refractivity contribution in [1.82, 2.24) is 25.1 Å². The van der Waals surface area contributed by atoms with Gasteiger partial charge in [0.1, 0.15) is 18.5 Å². The van der Waals surface area contributed by atoms with Crippen LogP contribution in [0.4, 0.5) is 23.4 Å². The van der Waals surface area contributed by atoms with Gasteiger partial charge >= 0.3 is 6.18 Å². The van der Waals surface area contributed by atoms with Crippen LogP contribution in [0.25, 0.3) is 22.2 Å². The third kappa shape index (κ3) is 4.16. The van der Waals surface area contributed by atoms with Crippen molar-refractivity contribution in [2.75, 3.05) is 4.90 Å². The molecule has 6 rings (SSSR count). The molecular weight excluding hydrogens is 480 g/mol. The molecule has 2 aromatic heterocycles. The highest BCUT2D eigenvalue weighted by Gasteiger charge is 2.48. The van der Waals surface area contributed by atoms with Gasteiger partial charge in [0.25, 0.3) is 5.56 Å². The molecule has 190 valence electrons. The fourth-order valence-electron chi connectivity index (χ4n) is 5.54. The Kier molecular flexibility index (Phi) is 5.39. The zero-order chi connectivity index (χ0) is 25.2. The van der Waals surface area contributed by atoms with Gasteiger partial charge in [0.05, 0.1) is 29.0 Å². The van der Waals surface area contributed by atoms with Crippen LogP contribution in [0.3, 0.4) is 0 Å². The zero-order valence-corrected chi connectivity index (χ0v) is 19.1. The number of hydrogen-bond acceptors (Lipinski definition) is 7. The van der Waals surface area contributed by atoms with Gasteiger partial charge in [-0.05, 0) is 56.4 Å². The molecule has 8 nitrogen and oxygen atoms in total. The Bertz CT molecular complexity index is 1360. The quantitative estimate of drug-likeness (QED) is 0.515. The van der Waals surface area contributed by atoms with Crippen molar-refractivity contribution < 1.29 is 22.7 Å². The molecule has 2 unspecified atom stereocenters. The Hall–Kier alpha value is -3.28. The van der Waals surface area contributed by atoms with Crippen LogP contribution < -0.4 is 15.8 Å². The molecule has 12 heteroatoms. The second-order valence-corrected chi connectivity index (χ2v) is 9.89. The molecule has 3 aromatic rings. The predicted molar refractivity (Wildman–Crippen MR) is 123 cm³/mol. The lowest BCUT2D eigenvalue weighted by Gasteiger charge is -2.41. The lowest BCUT2D eigenvalue weighted by atomic mass is 9.95. The van der Waals surface area contributed by atoms with Crippen LogP contribution in [0, 0.1) is 0 Å². The average molecular weight is 504 g/mol. The SMILES string of the molecule is O=c1c2cc(O)c(-c3ccc(N(C4CC4)[C@@H]4CC5CCC(N5)[C@@H]4F)nn3)cc2ncn1CC(F)(F)F. The minimum absolute atomic E-state index is 0.127. The van der Waals surface area contributed by atoms with Crippen LogP contribution >= 0.6 is 0 Å². The van der Waals surface area contributed by atoms with Gasteiger partial charge in [0, 0.05) is 23.7 Å². The summed E-state index contributed by atoms with van der Waals surface area (Å²) in [7, 11) is 0. The Balaban J connectivity index is 1.31. The lowest BCUT2D eigenvalue weighted by Crippen LogP contribution is -2.57. The number of phenolic OH excluding ortho intramolecular Hbond substituents is 1. The molecule has 2 saturated heterocycles. The molecule has 3 aliphatic rings. The first kappa shape index (κ1) is 23.1. The number of fused-ring (bicyclic) bond motifs is 3. The summed E-state index contributed by atoms with van der Waals surface area (Å²) in [6.45, 7) is -1.47. The third-order valence-corrected chi connectivity index (χ3v) is 7.33. The first-order chi connectivity index (χ1) is 17.2. The summed E-state index contributed by atoms with van der Waals surface area (Å²) in [6, 6.07) is 6.03. The number of benzene rings is 1. The van der Waals surface area contributed by atoms with Crippen LogP contribution in [0.1, 0.15) is 32.1 Å². The lowest BCUT2D eigenvalue weighted by molar-refractivity contribution is -0.141. The summed E-state index contributed by atoms with van der Waals surface area (Å²) in [5.41, 5.74) is -0.236. The number of hydrogen-bond donors (Lipinski definition) is 2. The third-order valence-electron chi connectivity index (χ3n) is 7.33. The summed E-state index contributed by atoms with van der Waals surface area (Å²) < 4.78 is 53.9. The molecule has 0 amide bonds. The maximum Gasteiger partial charge on any atom is 0.406 e. The normalized spacial score (nSPS) is 25.9. The monoisotopic (exact) mass is 504 g/mol. The number of halogens is 4. The first-order valence-corrected chi connectivity index (χ1v) is 12.0. The highest BCUT2D eigenvalue weighted by atomic mass is 19.4. The molecule has 4 heterocycles. The molecule has 2 bridgehead atoms. The Morgan fingerprint density at radius 1 is 1.14 bits per heavy atom. The van der Waals surface area contributed by atoms with Gasteiger partial charge in [0.2, 0.25) is 0 Å². The Labute approximate surface area is 203 Å². The highest BCUT2D eigenvalue weighted by molar-refractivity contribution is 5.86. The molecule has 2 aliphatic heterocycles. The molecule has 3 fully saturated rings. The Morgan fingerprint density at radius 2 is 1.94 bits per heavy atom. The number of aromatic hydroxyl groups is 1. The van der Waals surface area contributed by atoms with Gasteiger partial charge in [0.15, 0.2) is 5.82 Å². The van der Waals surface area contributed by atoms with Crippen LogP contribution in [-0.2, 0) is 6.54 Å². The van der Waals surface area contributed by atoms with Crippen LogP contribution in [0.15, 0.2) is 35.4 Å². The van der Waals surface area contributed by atoms with Gasteiger partial charge in [-0.2, -0.15) is 13.2 Å². The van der Waals surface area contributed by atoms with E-state index in [0.29, 0.717) is 28.5 Å². The number of phenols is 1. The molecule has 2 N–H and O–H groups in total. The van der Waals surface area contributed by atoms with E-state index in [4.69, 9.17) is 0 Å². The molecule has 0 radical (unpaired) electrons. The van der Waals surface area contributed by atoms with E-state index in [0.717, 1.165) is 38.1 Å². The number of nitrogens with one attached hydrogen (secondary N) is 1. The van der Waals surface area contributed by atoms with E-state index in [1.165, 1.54) is 6.07 Å². The van der Waals surface area contributed by atoms with Crippen molar-refractivity contribution in [2.24, 2.45) is 0 Å². The number of anilines is 1. The van der Waals surface area contributed by atoms with Crippen LogP contribution in [0.2, 0.25) is 0 Å². The second kappa shape index (κ2) is 8.39. The topological polar surface area (TPSA) is 96.2 Å². The first-order valence-electron chi connectivity index (χ1n) is 12.0. The van der Waals surface area contributed by atoms with E-state index in [9.17, 15) is 23.1 Å². The van der Waals surface area contributed by atoms with Crippen molar-refractivity contribution in [3.05, 3.63) is 40.9 Å². The summed E-state index contributed by atoms with van der Waals surface area (Å²) in [6.07, 6.45) is -0.285. The summed E-state index contributed by atoms with van der Waals surface area (Å²) in [5.74, 6) is 0.245. The van der Waals surface area contributed by atoms with E-state index >= 15 is 4.39 Å². The van der Waals surface area contributed by atoms with Crippen molar-refractivity contribution >= 4 is 16.7 Å². The molecule has 1 saturated carbocycles. The van der Waals surface area contributed by atoms with Crippen LogP contribution in [0.5, 0.6) is 5.75 Å². The number of piperidine rings is 1. The predicted octanol–water partition coefficient (Wildman–Crippen LogP) is 3.32. The molecule has 4 atom stereocenters. The molecule has 0 spiro atoms. The number of nitrogens with zero attached hydrogens (tertiary/aromatic N) is 5. The van der Waals surface area contributed by atoms with Crippen molar-refractivity contribution in [3.63, 3.8) is 0 Å². The highest BCUT2D eigenvalue weighted by Crippen LogP contribution is 2.40. The van der Waals surface area contributed by atoms with E-state index < -0.39 is 24.5 Å². The van der Waals surface area contributed by atoms with Crippen molar-refractivity contribution in [3.8, 4) is 17.0 Å². The van der Waals surface area contributed by atoms with E-state index in [1.54, 1.807) is 12.1 Å². The second-order valence-electron chi connectivity index (χ2n) is 9.89. The van der Waals surface area contributed by atoms with Crippen molar-refractivity contribution in [2.45, 2.75) is 75.2 Å². The number of aromatic nitrogens is 4. The molecular formula is C24H24F4N6O2. The Morgan fingerprint density at radius 3 is 2.64 bits per heavy atom. The molecule has 36 heavy (non-hydrogen) atoms. The van der Waals surface area contributed by atoms with Crippen molar-refractivity contribution in [1.29, 1.82) is 0 Å². The zero-order valence-electron chi connectivity index (χ0n) is 19.1. The van der Waals surface area contributed by atoms with E-state index in [2.05, 4.69) is 25.4 Å². The van der Waals surface area contributed by atoms with Crippen LogP contribution in [-0.4, -0.2) is 61.4 Å². The minimum Gasteiger partial charge on any atom is -0.507 e. The average Bonchev–Trinajstić information content (AvgIpc) is 3.58. The largest absolute Gasteiger partial charge is 0.507 e. The smallest absolute Gasteiger partial charge is 0.406 e. The summed E-state index contributed by atoms with van der Waals surface area (Å²) >= 11 is 0. The fourth-order valence-corrected chi connectivity index (χ4v) is 5.54.